The minimum absolute atomic E-state index is 0.0138. The van der Waals surface area contributed by atoms with Crippen LogP contribution in [0.5, 0.6) is 5.75 Å². The molecule has 0 saturated heterocycles. The number of carbonyl (C=O) groups excluding carboxylic acids is 2. The second kappa shape index (κ2) is 12.8. The minimum Gasteiger partial charge on any atom is -0.421 e. The second-order valence-electron chi connectivity index (χ2n) is 6.59. The van der Waals surface area contributed by atoms with Crippen molar-refractivity contribution < 1.29 is 24.5 Å². The fourth-order valence-electron chi connectivity index (χ4n) is 2.54. The van der Waals surface area contributed by atoms with Gasteiger partial charge in [0.2, 0.25) is 0 Å². The molecular formula is C23H30O5. The molecule has 0 fully saturated rings. The van der Waals surface area contributed by atoms with Gasteiger partial charge in [0.15, 0.2) is 0 Å². The summed E-state index contributed by atoms with van der Waals surface area (Å²) in [6, 6.07) is 16.8. The lowest BCUT2D eigenvalue weighted by atomic mass is 9.94. The summed E-state index contributed by atoms with van der Waals surface area (Å²) < 4.78 is 4.94. The summed E-state index contributed by atoms with van der Waals surface area (Å²) >= 11 is 0. The molecule has 2 aromatic rings. The highest BCUT2D eigenvalue weighted by atomic mass is 16.5. The van der Waals surface area contributed by atoms with Gasteiger partial charge in [-0.1, -0.05) is 75.7 Å². The number of esters is 1. The number of hydrogen-bond acceptors (Lipinski definition) is 5. The van der Waals surface area contributed by atoms with Gasteiger partial charge in [0.1, 0.15) is 5.75 Å². The normalized spacial score (nSPS) is 13.5. The molecule has 28 heavy (non-hydrogen) atoms. The molecule has 5 heteroatoms. The van der Waals surface area contributed by atoms with Gasteiger partial charge < -0.3 is 14.9 Å². The van der Waals surface area contributed by atoms with Crippen molar-refractivity contribution in [3.63, 3.8) is 0 Å². The number of aliphatic hydroxyl groups is 2. The Hall–Kier alpha value is -2.50. The van der Waals surface area contributed by atoms with Crippen LogP contribution in [-0.2, 0) is 4.79 Å². The lowest BCUT2D eigenvalue weighted by molar-refractivity contribution is -0.129. The molecule has 0 aliphatic rings. The molecule has 2 N–H and O–H groups in total. The van der Waals surface area contributed by atoms with Gasteiger partial charge in [-0.3, -0.25) is 4.79 Å². The third-order valence-corrected chi connectivity index (χ3v) is 4.39. The van der Waals surface area contributed by atoms with Gasteiger partial charge in [-0.2, -0.15) is 0 Å². The molecule has 0 bridgehead atoms. The number of aliphatic hydroxyl groups excluding tert-OH is 2. The van der Waals surface area contributed by atoms with E-state index in [-0.39, 0.29) is 18.1 Å². The van der Waals surface area contributed by atoms with Gasteiger partial charge in [-0.25, -0.2) is 4.79 Å². The quantitative estimate of drug-likeness (QED) is 0.310. The van der Waals surface area contributed by atoms with Crippen LogP contribution in [0.25, 0.3) is 0 Å². The Kier molecular flexibility index (Phi) is 10.8. The van der Waals surface area contributed by atoms with Gasteiger partial charge in [-0.15, -0.1) is 0 Å². The Labute approximate surface area is 167 Å². The molecule has 0 aromatic heterocycles. The molecular weight excluding hydrogens is 356 g/mol. The number of carbonyl (C=O) groups is 2. The van der Waals surface area contributed by atoms with Gasteiger partial charge in [0.25, 0.3) is 5.78 Å². The second-order valence-corrected chi connectivity index (χ2v) is 6.59. The van der Waals surface area contributed by atoms with Crippen molar-refractivity contribution in [2.24, 2.45) is 5.92 Å². The number of ether oxygens (including phenoxy) is 1. The highest BCUT2D eigenvalue weighted by Gasteiger charge is 2.20. The predicted molar refractivity (Wildman–Crippen MR) is 109 cm³/mol. The first kappa shape index (κ1) is 23.5. The molecule has 3 unspecified atom stereocenters. The maximum Gasteiger partial charge on any atom is 0.385 e. The zero-order chi connectivity index (χ0) is 20.9. The standard InChI is InChI=1S/C14H10O3.C9H20O2/c15-13(11-7-3-1-4-8-11)14(16)17-12-9-5-2-6-10-12;1-4-6-9(11)7(3)8(10)5-2/h1-10H;7-11H,4-6H2,1-3H3. The largest absolute Gasteiger partial charge is 0.421 e. The van der Waals surface area contributed by atoms with Crippen molar-refractivity contribution in [3.05, 3.63) is 66.2 Å². The lowest BCUT2D eigenvalue weighted by Crippen LogP contribution is -2.28. The molecule has 0 aliphatic carbocycles. The maximum atomic E-state index is 11.7. The van der Waals surface area contributed by atoms with Gasteiger partial charge in [0, 0.05) is 11.5 Å². The summed E-state index contributed by atoms with van der Waals surface area (Å²) in [7, 11) is 0. The van der Waals surface area contributed by atoms with Crippen LogP contribution in [0.3, 0.4) is 0 Å². The number of hydrogen-bond donors (Lipinski definition) is 2. The Balaban J connectivity index is 0.000000311. The highest BCUT2D eigenvalue weighted by molar-refractivity contribution is 6.41. The van der Waals surface area contributed by atoms with E-state index >= 15 is 0 Å². The van der Waals surface area contributed by atoms with E-state index in [0.717, 1.165) is 19.3 Å². The van der Waals surface area contributed by atoms with Gasteiger partial charge in [0.05, 0.1) is 12.2 Å². The van der Waals surface area contributed by atoms with Crippen LogP contribution in [-0.4, -0.2) is 34.2 Å². The van der Waals surface area contributed by atoms with E-state index in [1.807, 2.05) is 20.8 Å². The van der Waals surface area contributed by atoms with E-state index in [4.69, 9.17) is 4.74 Å². The first-order valence-corrected chi connectivity index (χ1v) is 9.63. The number of Topliss-reactive ketones (excluding diaryl/α,β-unsaturated/α-hetero) is 1. The summed E-state index contributed by atoms with van der Waals surface area (Å²) in [6.45, 7) is 5.86. The van der Waals surface area contributed by atoms with Crippen LogP contribution in [0.4, 0.5) is 0 Å². The number of benzene rings is 2. The van der Waals surface area contributed by atoms with Crippen molar-refractivity contribution in [2.45, 2.75) is 52.2 Å². The molecule has 5 nitrogen and oxygen atoms in total. The predicted octanol–water partition coefficient (Wildman–Crippen LogP) is 4.03. The van der Waals surface area contributed by atoms with E-state index in [1.165, 1.54) is 0 Å². The zero-order valence-corrected chi connectivity index (χ0v) is 16.7. The van der Waals surface area contributed by atoms with Crippen molar-refractivity contribution in [3.8, 4) is 5.75 Å². The third kappa shape index (κ3) is 8.03. The van der Waals surface area contributed by atoms with Crippen LogP contribution >= 0.6 is 0 Å². The van der Waals surface area contributed by atoms with E-state index in [0.29, 0.717) is 11.3 Å². The fourth-order valence-corrected chi connectivity index (χ4v) is 2.54. The zero-order valence-electron chi connectivity index (χ0n) is 16.7. The molecule has 2 aromatic carbocycles. The van der Waals surface area contributed by atoms with E-state index < -0.39 is 11.8 Å². The average Bonchev–Trinajstić information content (AvgIpc) is 2.74. The summed E-state index contributed by atoms with van der Waals surface area (Å²) in [4.78, 5) is 23.2. The molecule has 0 spiro atoms. The van der Waals surface area contributed by atoms with Crippen molar-refractivity contribution in [1.82, 2.24) is 0 Å². The average molecular weight is 386 g/mol. The molecule has 0 radical (unpaired) electrons. The molecule has 0 amide bonds. The number of ketones is 1. The molecule has 152 valence electrons. The van der Waals surface area contributed by atoms with Gasteiger partial charge >= 0.3 is 5.97 Å². The summed E-state index contributed by atoms with van der Waals surface area (Å²) in [5.74, 6) is -1.14. The molecule has 3 atom stereocenters. The molecule has 0 aliphatic heterocycles. The van der Waals surface area contributed by atoms with E-state index in [9.17, 15) is 19.8 Å². The third-order valence-electron chi connectivity index (χ3n) is 4.39. The Morgan fingerprint density at radius 2 is 1.43 bits per heavy atom. The molecule has 0 heterocycles. The van der Waals surface area contributed by atoms with Crippen LogP contribution in [0.15, 0.2) is 60.7 Å². The summed E-state index contributed by atoms with van der Waals surface area (Å²) in [5, 5.41) is 18.8. The lowest BCUT2D eigenvalue weighted by Gasteiger charge is -2.22. The van der Waals surface area contributed by atoms with Crippen molar-refractivity contribution >= 4 is 11.8 Å². The Morgan fingerprint density at radius 1 is 0.893 bits per heavy atom. The maximum absolute atomic E-state index is 11.7. The SMILES string of the molecule is CCCC(O)C(C)C(O)CC.O=C(Oc1ccccc1)C(=O)c1ccccc1. The van der Waals surface area contributed by atoms with Crippen molar-refractivity contribution in [2.75, 3.05) is 0 Å². The Morgan fingerprint density at radius 3 is 1.93 bits per heavy atom. The monoisotopic (exact) mass is 386 g/mol. The molecule has 2 rings (SSSR count). The highest BCUT2D eigenvalue weighted by Crippen LogP contribution is 2.15. The van der Waals surface area contributed by atoms with Gasteiger partial charge in [-0.05, 0) is 25.0 Å². The minimum atomic E-state index is -0.873. The molecule has 0 saturated carbocycles. The summed E-state index contributed by atoms with van der Waals surface area (Å²) in [5.41, 5.74) is 0.327. The number of para-hydroxylation sites is 1. The van der Waals surface area contributed by atoms with Crippen LogP contribution in [0.1, 0.15) is 50.4 Å². The van der Waals surface area contributed by atoms with Crippen LogP contribution in [0.2, 0.25) is 0 Å². The first-order valence-electron chi connectivity index (χ1n) is 9.63. The van der Waals surface area contributed by atoms with E-state index in [2.05, 4.69) is 0 Å². The number of rotatable bonds is 8. The topological polar surface area (TPSA) is 83.8 Å². The van der Waals surface area contributed by atoms with Crippen LogP contribution in [0, 0.1) is 5.92 Å². The van der Waals surface area contributed by atoms with Crippen molar-refractivity contribution in [1.29, 1.82) is 0 Å². The Bertz CT molecular complexity index is 699. The first-order chi connectivity index (χ1) is 13.4. The smallest absolute Gasteiger partial charge is 0.385 e. The van der Waals surface area contributed by atoms with Crippen LogP contribution < -0.4 is 4.74 Å². The fraction of sp³-hybridized carbons (Fsp3) is 0.391. The summed E-state index contributed by atoms with van der Waals surface area (Å²) in [6.07, 6.45) is 1.80. The van der Waals surface area contributed by atoms with E-state index in [1.54, 1.807) is 60.7 Å².